The predicted molar refractivity (Wildman–Crippen MR) is 106 cm³/mol. The zero-order valence-electron chi connectivity index (χ0n) is 16.9. The zero-order chi connectivity index (χ0) is 18.7. The summed E-state index contributed by atoms with van der Waals surface area (Å²) in [5, 5.41) is 4.03. The Bertz CT molecular complexity index is 637. The van der Waals surface area contributed by atoms with E-state index in [4.69, 9.17) is 4.52 Å². The van der Waals surface area contributed by atoms with Crippen molar-refractivity contribution in [3.63, 3.8) is 0 Å². The maximum atomic E-state index is 12.9. The second-order valence-corrected chi connectivity index (χ2v) is 9.25. The van der Waals surface area contributed by atoms with Crippen molar-refractivity contribution in [3.05, 3.63) is 17.5 Å². The Morgan fingerprint density at radius 1 is 1.19 bits per heavy atom. The molecule has 0 N–H and O–H groups in total. The normalized spacial score (nSPS) is 27.5. The van der Waals surface area contributed by atoms with Gasteiger partial charge in [0.15, 0.2) is 5.69 Å². The molecule has 1 saturated carbocycles. The number of hydrogen-bond acceptors (Lipinski definition) is 4. The van der Waals surface area contributed by atoms with Crippen LogP contribution in [0, 0.1) is 11.3 Å². The molecule has 1 atom stereocenters. The van der Waals surface area contributed by atoms with Crippen molar-refractivity contribution in [2.24, 2.45) is 11.3 Å². The van der Waals surface area contributed by atoms with Crippen molar-refractivity contribution >= 4 is 5.91 Å². The van der Waals surface area contributed by atoms with E-state index >= 15 is 0 Å². The Balaban J connectivity index is 1.34. The van der Waals surface area contributed by atoms with E-state index in [-0.39, 0.29) is 5.91 Å². The van der Waals surface area contributed by atoms with Crippen LogP contribution in [0.3, 0.4) is 0 Å². The van der Waals surface area contributed by atoms with Crippen LogP contribution in [-0.2, 0) is 6.42 Å². The van der Waals surface area contributed by atoms with Gasteiger partial charge in [0.2, 0.25) is 0 Å². The number of rotatable bonds is 5. The lowest BCUT2D eigenvalue weighted by molar-refractivity contribution is 0.0624. The number of piperidine rings is 1. The number of aromatic nitrogens is 1. The third-order valence-corrected chi connectivity index (χ3v) is 6.98. The van der Waals surface area contributed by atoms with Crippen LogP contribution in [0.4, 0.5) is 0 Å². The largest absolute Gasteiger partial charge is 0.361 e. The third-order valence-electron chi connectivity index (χ3n) is 6.98. The van der Waals surface area contributed by atoms with E-state index in [1.54, 1.807) is 0 Å². The van der Waals surface area contributed by atoms with Crippen LogP contribution in [0.15, 0.2) is 10.6 Å². The van der Waals surface area contributed by atoms with Gasteiger partial charge in [-0.2, -0.15) is 0 Å². The van der Waals surface area contributed by atoms with Gasteiger partial charge in [-0.1, -0.05) is 31.3 Å². The second kappa shape index (κ2) is 8.34. The number of aryl methyl sites for hydroxylation is 1. The summed E-state index contributed by atoms with van der Waals surface area (Å²) in [7, 11) is 0. The molecule has 3 aliphatic rings. The zero-order valence-corrected chi connectivity index (χ0v) is 16.9. The molecule has 0 aromatic carbocycles. The number of likely N-dealkylation sites (tertiary alicyclic amines) is 2. The summed E-state index contributed by atoms with van der Waals surface area (Å²) in [5.74, 6) is 1.79. The lowest BCUT2D eigenvalue weighted by Crippen LogP contribution is -2.47. The van der Waals surface area contributed by atoms with Crippen molar-refractivity contribution in [1.29, 1.82) is 0 Å². The molecule has 0 bridgehead atoms. The summed E-state index contributed by atoms with van der Waals surface area (Å²) in [5.41, 5.74) is 0.795. The molecule has 4 rings (SSSR count). The van der Waals surface area contributed by atoms with Gasteiger partial charge in [-0.25, -0.2) is 0 Å². The van der Waals surface area contributed by atoms with E-state index in [9.17, 15) is 4.79 Å². The summed E-state index contributed by atoms with van der Waals surface area (Å²) in [6, 6.07) is 1.84. The first-order valence-electron chi connectivity index (χ1n) is 11.1. The quantitative estimate of drug-likeness (QED) is 0.778. The molecule has 1 aromatic rings. The lowest BCUT2D eigenvalue weighted by Gasteiger charge is -2.42. The monoisotopic (exact) mass is 373 g/mol. The van der Waals surface area contributed by atoms with Crippen LogP contribution in [0.25, 0.3) is 0 Å². The molecule has 3 heterocycles. The molecule has 1 amide bonds. The Kier molecular flexibility index (Phi) is 5.86. The molecule has 2 aliphatic heterocycles. The van der Waals surface area contributed by atoms with E-state index in [1.165, 1.54) is 64.6 Å². The molecule has 0 radical (unpaired) electrons. The molecule has 1 unspecified atom stereocenters. The van der Waals surface area contributed by atoms with Gasteiger partial charge < -0.3 is 14.3 Å². The molecular formula is C22H35N3O2. The van der Waals surface area contributed by atoms with Crippen LogP contribution in [-0.4, -0.2) is 53.6 Å². The molecular weight excluding hydrogens is 338 g/mol. The van der Waals surface area contributed by atoms with E-state index in [1.807, 2.05) is 11.0 Å². The highest BCUT2D eigenvalue weighted by atomic mass is 16.5. The van der Waals surface area contributed by atoms with E-state index in [2.05, 4.69) is 17.0 Å². The Hall–Kier alpha value is -1.36. The molecule has 1 aliphatic carbocycles. The highest BCUT2D eigenvalue weighted by Gasteiger charge is 2.43. The van der Waals surface area contributed by atoms with E-state index in [0.717, 1.165) is 44.0 Å². The van der Waals surface area contributed by atoms with E-state index < -0.39 is 0 Å². The van der Waals surface area contributed by atoms with Crippen molar-refractivity contribution in [2.75, 3.05) is 32.7 Å². The standard InChI is InChI=1S/C22H35N3O2/c1-2-7-19-14-20(23-27-19)21(26)25-13-11-22(17-25)10-6-12-24(16-22)15-18-8-4-3-5-9-18/h14,18H,2-13,15-17H2,1H3. The smallest absolute Gasteiger partial charge is 0.276 e. The molecule has 150 valence electrons. The van der Waals surface area contributed by atoms with Crippen LogP contribution in [0.5, 0.6) is 0 Å². The SMILES string of the molecule is CCCc1cc(C(=O)N2CCC3(CCCN(CC4CCCCC4)C3)C2)no1. The van der Waals surface area contributed by atoms with Crippen molar-refractivity contribution in [3.8, 4) is 0 Å². The summed E-state index contributed by atoms with van der Waals surface area (Å²) in [6.07, 6.45) is 12.6. The van der Waals surface area contributed by atoms with Gasteiger partial charge in [0.25, 0.3) is 5.91 Å². The van der Waals surface area contributed by atoms with Crippen molar-refractivity contribution in [1.82, 2.24) is 15.0 Å². The maximum absolute atomic E-state index is 12.9. The minimum Gasteiger partial charge on any atom is -0.361 e. The van der Waals surface area contributed by atoms with Gasteiger partial charge >= 0.3 is 0 Å². The van der Waals surface area contributed by atoms with Crippen LogP contribution in [0.2, 0.25) is 0 Å². The minimum atomic E-state index is 0.0578. The highest BCUT2D eigenvalue weighted by molar-refractivity contribution is 5.92. The van der Waals surface area contributed by atoms with Crippen molar-refractivity contribution in [2.45, 2.75) is 71.1 Å². The first-order valence-corrected chi connectivity index (χ1v) is 11.1. The number of carbonyl (C=O) groups is 1. The average molecular weight is 374 g/mol. The maximum Gasteiger partial charge on any atom is 0.276 e. The number of nitrogens with zero attached hydrogens (tertiary/aromatic N) is 3. The van der Waals surface area contributed by atoms with Crippen LogP contribution in [0.1, 0.15) is 81.0 Å². The average Bonchev–Trinajstić information content (AvgIpc) is 3.30. The van der Waals surface area contributed by atoms with Gasteiger partial charge in [-0.15, -0.1) is 0 Å². The summed E-state index contributed by atoms with van der Waals surface area (Å²) < 4.78 is 5.32. The molecule has 2 saturated heterocycles. The van der Waals surface area contributed by atoms with Gasteiger partial charge in [-0.05, 0) is 51.0 Å². The Labute approximate surface area is 163 Å². The van der Waals surface area contributed by atoms with Gasteiger partial charge in [0, 0.05) is 44.1 Å². The van der Waals surface area contributed by atoms with Crippen molar-refractivity contribution < 1.29 is 9.32 Å². The molecule has 27 heavy (non-hydrogen) atoms. The topological polar surface area (TPSA) is 49.6 Å². The fourth-order valence-electron chi connectivity index (χ4n) is 5.58. The first-order chi connectivity index (χ1) is 13.2. The number of amides is 1. The molecule has 5 nitrogen and oxygen atoms in total. The summed E-state index contributed by atoms with van der Waals surface area (Å²) >= 11 is 0. The van der Waals surface area contributed by atoms with Crippen LogP contribution >= 0.6 is 0 Å². The third kappa shape index (κ3) is 4.39. The van der Waals surface area contributed by atoms with Gasteiger partial charge in [0.05, 0.1) is 0 Å². The van der Waals surface area contributed by atoms with E-state index in [0.29, 0.717) is 11.1 Å². The summed E-state index contributed by atoms with van der Waals surface area (Å²) in [4.78, 5) is 17.6. The molecule has 3 fully saturated rings. The lowest BCUT2D eigenvalue weighted by atomic mass is 9.78. The summed E-state index contributed by atoms with van der Waals surface area (Å²) in [6.45, 7) is 7.56. The van der Waals surface area contributed by atoms with Gasteiger partial charge in [0.1, 0.15) is 5.76 Å². The fraction of sp³-hybridized carbons (Fsp3) is 0.818. The molecule has 5 heteroatoms. The van der Waals surface area contributed by atoms with Crippen LogP contribution < -0.4 is 0 Å². The highest BCUT2D eigenvalue weighted by Crippen LogP contribution is 2.40. The Morgan fingerprint density at radius 2 is 2.04 bits per heavy atom. The number of hydrogen-bond donors (Lipinski definition) is 0. The number of carbonyl (C=O) groups excluding carboxylic acids is 1. The Morgan fingerprint density at radius 3 is 2.85 bits per heavy atom. The van der Waals surface area contributed by atoms with Gasteiger partial charge in [-0.3, -0.25) is 4.79 Å². The first kappa shape index (κ1) is 19.0. The predicted octanol–water partition coefficient (Wildman–Crippen LogP) is 4.14. The molecule has 1 aromatic heterocycles. The fourth-order valence-corrected chi connectivity index (χ4v) is 5.58. The second-order valence-electron chi connectivity index (χ2n) is 9.25. The minimum absolute atomic E-state index is 0.0578. The molecule has 1 spiro atoms.